The zero-order chi connectivity index (χ0) is 28.3. The van der Waals surface area contributed by atoms with Gasteiger partial charge in [0.05, 0.1) is 25.1 Å². The Morgan fingerprint density at radius 2 is 1.80 bits per heavy atom. The first-order chi connectivity index (χ1) is 19.4. The lowest BCUT2D eigenvalue weighted by Gasteiger charge is -2.15. The summed E-state index contributed by atoms with van der Waals surface area (Å²) in [4.78, 5) is 31.2. The second kappa shape index (κ2) is 14.2. The van der Waals surface area contributed by atoms with Crippen molar-refractivity contribution < 1.29 is 18.7 Å². The van der Waals surface area contributed by atoms with Gasteiger partial charge in [-0.25, -0.2) is 9.37 Å². The molecule has 4 aromatic rings. The highest BCUT2D eigenvalue weighted by Gasteiger charge is 2.12. The van der Waals surface area contributed by atoms with E-state index < -0.39 is 5.82 Å². The van der Waals surface area contributed by atoms with E-state index in [-0.39, 0.29) is 11.5 Å². The molecule has 0 spiro atoms. The van der Waals surface area contributed by atoms with Crippen LogP contribution in [0.5, 0.6) is 11.5 Å². The van der Waals surface area contributed by atoms with Crippen LogP contribution >= 0.6 is 11.6 Å². The minimum absolute atomic E-state index is 0.210. The van der Waals surface area contributed by atoms with E-state index >= 15 is 0 Å². The van der Waals surface area contributed by atoms with Gasteiger partial charge in [-0.15, -0.1) is 0 Å². The van der Waals surface area contributed by atoms with Gasteiger partial charge in [-0.2, -0.15) is 0 Å². The van der Waals surface area contributed by atoms with Gasteiger partial charge in [0.25, 0.3) is 5.56 Å². The molecule has 0 aliphatic carbocycles. The van der Waals surface area contributed by atoms with Crippen LogP contribution in [0.3, 0.4) is 0 Å². The van der Waals surface area contributed by atoms with Crippen molar-refractivity contribution in [2.75, 3.05) is 30.9 Å². The Balaban J connectivity index is 0.000000398. The zero-order valence-corrected chi connectivity index (χ0v) is 22.6. The van der Waals surface area contributed by atoms with Crippen LogP contribution in [0.1, 0.15) is 18.4 Å². The number of pyridine rings is 1. The Labute approximate surface area is 236 Å². The molecule has 0 bridgehead atoms. The summed E-state index contributed by atoms with van der Waals surface area (Å²) >= 11 is 5.97. The van der Waals surface area contributed by atoms with E-state index in [4.69, 9.17) is 21.1 Å². The van der Waals surface area contributed by atoms with Crippen molar-refractivity contribution in [3.05, 3.63) is 99.9 Å². The maximum Gasteiger partial charge on any atom is 0.278 e. The first kappa shape index (κ1) is 28.7. The number of ether oxygens (including phenoxy) is 2. The number of carbonyl (C=O) groups is 1. The Hall–Kier alpha value is -4.28. The van der Waals surface area contributed by atoms with Gasteiger partial charge in [-0.1, -0.05) is 23.7 Å². The highest BCUT2D eigenvalue weighted by atomic mass is 35.5. The second-order valence-electron chi connectivity index (χ2n) is 8.94. The Morgan fingerprint density at radius 3 is 2.42 bits per heavy atom. The summed E-state index contributed by atoms with van der Waals surface area (Å²) in [5.41, 5.74) is 1.78. The second-order valence-corrected chi connectivity index (χ2v) is 9.38. The highest BCUT2D eigenvalue weighted by Crippen LogP contribution is 2.24. The molecule has 5 rings (SSSR count). The normalized spacial score (nSPS) is 13.1. The summed E-state index contributed by atoms with van der Waals surface area (Å²) in [6, 6.07) is 15.5. The Kier molecular flexibility index (Phi) is 10.2. The van der Waals surface area contributed by atoms with E-state index in [2.05, 4.69) is 20.6 Å². The fourth-order valence-corrected chi connectivity index (χ4v) is 3.98. The molecule has 0 atom stereocenters. The van der Waals surface area contributed by atoms with Crippen molar-refractivity contribution in [3.8, 4) is 11.5 Å². The number of rotatable bonds is 8. The number of aromatic nitrogens is 3. The van der Waals surface area contributed by atoms with E-state index in [0.717, 1.165) is 44.1 Å². The van der Waals surface area contributed by atoms with Gasteiger partial charge in [0.15, 0.2) is 0 Å². The molecule has 11 heteroatoms. The molecule has 0 amide bonds. The third-order valence-electron chi connectivity index (χ3n) is 6.05. The van der Waals surface area contributed by atoms with E-state index in [1.165, 1.54) is 23.0 Å². The maximum absolute atomic E-state index is 13.3. The molecule has 0 radical (unpaired) electrons. The summed E-state index contributed by atoms with van der Waals surface area (Å²) in [5.74, 6) is 0.998. The number of carbonyl (C=O) groups excluding carboxylic acids is 1. The summed E-state index contributed by atoms with van der Waals surface area (Å²) < 4.78 is 25.5. The minimum Gasteiger partial charge on any atom is -0.456 e. The summed E-state index contributed by atoms with van der Waals surface area (Å²) in [6.07, 6.45) is 6.89. The lowest BCUT2D eigenvalue weighted by molar-refractivity contribution is -0.113. The first-order valence-corrected chi connectivity index (χ1v) is 13.0. The molecule has 40 heavy (non-hydrogen) atoms. The molecule has 3 heterocycles. The maximum atomic E-state index is 13.3. The third-order valence-corrected chi connectivity index (χ3v) is 6.31. The highest BCUT2D eigenvalue weighted by molar-refractivity contribution is 6.30. The number of anilines is 3. The van der Waals surface area contributed by atoms with Crippen molar-refractivity contribution in [1.29, 1.82) is 0 Å². The molecule has 1 saturated heterocycles. The number of hydrogen-bond donors (Lipinski definition) is 2. The number of aldehydes is 1. The Bertz CT molecular complexity index is 1460. The fraction of sp³-hybridized carbons (Fsp3) is 0.241. The van der Waals surface area contributed by atoms with Gasteiger partial charge in [-0.3, -0.25) is 14.3 Å². The molecular formula is C29H29ClFN5O4. The van der Waals surface area contributed by atoms with Gasteiger partial charge in [0, 0.05) is 43.0 Å². The van der Waals surface area contributed by atoms with Gasteiger partial charge in [0.1, 0.15) is 29.3 Å². The van der Waals surface area contributed by atoms with Crippen molar-refractivity contribution in [2.24, 2.45) is 5.92 Å². The van der Waals surface area contributed by atoms with Crippen molar-refractivity contribution in [3.63, 3.8) is 0 Å². The number of nitrogens with one attached hydrogen (secondary N) is 2. The smallest absolute Gasteiger partial charge is 0.278 e. The summed E-state index contributed by atoms with van der Waals surface area (Å²) in [6.45, 7) is 1.85. The third kappa shape index (κ3) is 8.11. The van der Waals surface area contributed by atoms with Crippen LogP contribution < -0.4 is 20.9 Å². The van der Waals surface area contributed by atoms with E-state index in [9.17, 15) is 14.0 Å². The quantitative estimate of drug-likeness (QED) is 0.263. The number of hydrogen-bond acceptors (Lipinski definition) is 8. The SMILES string of the molecule is CNc1cnc(Nc2ccc(Oc3cncc(F)c3)cc2)n(Cc2ccc(Cl)cc2)c1=O.O=CC1CCOCC1. The van der Waals surface area contributed by atoms with Crippen LogP contribution in [-0.2, 0) is 16.1 Å². The van der Waals surface area contributed by atoms with Crippen LogP contribution in [0.2, 0.25) is 5.02 Å². The molecule has 0 unspecified atom stereocenters. The van der Waals surface area contributed by atoms with Crippen LogP contribution in [0, 0.1) is 11.7 Å². The van der Waals surface area contributed by atoms with Crippen LogP contribution in [0.25, 0.3) is 0 Å². The van der Waals surface area contributed by atoms with E-state index in [1.807, 2.05) is 12.1 Å². The molecule has 2 aromatic heterocycles. The average Bonchev–Trinajstić information content (AvgIpc) is 2.98. The van der Waals surface area contributed by atoms with E-state index in [0.29, 0.717) is 40.4 Å². The molecular weight excluding hydrogens is 537 g/mol. The lowest BCUT2D eigenvalue weighted by Crippen LogP contribution is -2.26. The predicted octanol–water partition coefficient (Wildman–Crippen LogP) is 5.67. The molecule has 1 fully saturated rings. The average molecular weight is 566 g/mol. The summed E-state index contributed by atoms with van der Waals surface area (Å²) in [5, 5.41) is 6.65. The van der Waals surface area contributed by atoms with E-state index in [1.54, 1.807) is 43.4 Å². The Morgan fingerprint density at radius 1 is 1.07 bits per heavy atom. The standard InChI is InChI=1S/C23H19ClFN5O2.C6H10O2/c1-26-21-13-28-23(30(22(21)31)14-15-2-4-16(24)5-3-15)29-18-6-8-19(9-7-18)32-20-10-17(25)11-27-12-20;7-5-6-1-3-8-4-2-6/h2-13,26H,14H2,1H3,(H,28,29);5-6H,1-4H2. The fourth-order valence-electron chi connectivity index (χ4n) is 3.85. The van der Waals surface area contributed by atoms with Crippen LogP contribution in [-0.4, -0.2) is 41.1 Å². The molecule has 9 nitrogen and oxygen atoms in total. The lowest BCUT2D eigenvalue weighted by atomic mass is 10.0. The number of halogens is 2. The monoisotopic (exact) mass is 565 g/mol. The summed E-state index contributed by atoms with van der Waals surface area (Å²) in [7, 11) is 1.67. The molecule has 2 N–H and O–H groups in total. The molecule has 1 aliphatic rings. The largest absolute Gasteiger partial charge is 0.456 e. The first-order valence-electron chi connectivity index (χ1n) is 12.7. The number of nitrogens with zero attached hydrogens (tertiary/aromatic N) is 3. The van der Waals surface area contributed by atoms with Crippen molar-refractivity contribution in [2.45, 2.75) is 19.4 Å². The van der Waals surface area contributed by atoms with Gasteiger partial charge in [-0.05, 0) is 54.8 Å². The van der Waals surface area contributed by atoms with Gasteiger partial charge >= 0.3 is 0 Å². The predicted molar refractivity (Wildman–Crippen MR) is 152 cm³/mol. The van der Waals surface area contributed by atoms with Gasteiger partial charge in [0.2, 0.25) is 5.95 Å². The minimum atomic E-state index is -0.476. The molecule has 0 saturated carbocycles. The topological polar surface area (TPSA) is 107 Å². The zero-order valence-electron chi connectivity index (χ0n) is 21.8. The van der Waals surface area contributed by atoms with Gasteiger partial charge < -0.3 is 24.9 Å². The van der Waals surface area contributed by atoms with Crippen molar-refractivity contribution in [1.82, 2.24) is 14.5 Å². The van der Waals surface area contributed by atoms with Crippen LogP contribution in [0.15, 0.2) is 78.0 Å². The van der Waals surface area contributed by atoms with Crippen LogP contribution in [0.4, 0.5) is 21.7 Å². The molecule has 1 aliphatic heterocycles. The number of benzene rings is 2. The molecule has 208 valence electrons. The van der Waals surface area contributed by atoms with Crippen molar-refractivity contribution >= 4 is 35.2 Å². The molecule has 2 aromatic carbocycles.